The number of imidazole rings is 1. The van der Waals surface area contributed by atoms with Crippen LogP contribution in [0.5, 0.6) is 0 Å². The largest absolute Gasteiger partial charge is 0.397 e. The number of hydrazine groups is 1. The molecular weight excluding hydrogens is 424 g/mol. The molecule has 166 valence electrons. The van der Waals surface area contributed by atoms with Crippen molar-refractivity contribution in [1.29, 1.82) is 0 Å². The summed E-state index contributed by atoms with van der Waals surface area (Å²) in [5, 5.41) is 10.7. The van der Waals surface area contributed by atoms with Crippen LogP contribution < -0.4 is 17.0 Å². The molecule has 1 aliphatic rings. The van der Waals surface area contributed by atoms with E-state index >= 15 is 0 Å². The molecule has 1 saturated heterocycles. The number of likely N-dealkylation sites (N-methyl/N-ethyl adjacent to an activating group) is 1. The molecule has 16 heteroatoms. The lowest BCUT2D eigenvalue weighted by Gasteiger charge is -2.23. The number of nitrogens with two attached hydrogens (primary N) is 2. The molecule has 4 atom stereocenters. The number of nitrogens with one attached hydrogen (secondary N) is 1. The van der Waals surface area contributed by atoms with Gasteiger partial charge in [0.25, 0.3) is 0 Å². The van der Waals surface area contributed by atoms with Gasteiger partial charge in [-0.25, -0.2) is 25.0 Å². The second-order valence-corrected chi connectivity index (χ2v) is 7.75. The number of carbonyl (C=O) groups is 1. The van der Waals surface area contributed by atoms with Gasteiger partial charge in [-0.1, -0.05) is 0 Å². The van der Waals surface area contributed by atoms with Crippen LogP contribution in [0.25, 0.3) is 11.2 Å². The average Bonchev–Trinajstić information content (AvgIpc) is 3.22. The number of amides is 1. The Hall–Kier alpha value is -2.47. The van der Waals surface area contributed by atoms with E-state index in [0.29, 0.717) is 0 Å². The van der Waals surface area contributed by atoms with E-state index in [9.17, 15) is 18.3 Å². The number of aromatic nitrogens is 4. The molecule has 2 aromatic heterocycles. The fourth-order valence-corrected chi connectivity index (χ4v) is 3.69. The number of nitrogen functional groups attached to an aromatic ring is 1. The molecule has 0 spiro atoms. The van der Waals surface area contributed by atoms with Crippen LogP contribution in [-0.2, 0) is 24.1 Å². The minimum atomic E-state index is -4.89. The minimum Gasteiger partial charge on any atom is -0.386 e. The van der Waals surface area contributed by atoms with Crippen LogP contribution in [0.4, 0.5) is 5.82 Å². The van der Waals surface area contributed by atoms with Crippen molar-refractivity contribution in [1.82, 2.24) is 29.8 Å². The number of nitrogens with zero attached hydrogens (tertiary/aromatic N) is 5. The van der Waals surface area contributed by atoms with E-state index in [1.165, 1.54) is 17.2 Å². The highest BCUT2D eigenvalue weighted by atomic mass is 32.3. The van der Waals surface area contributed by atoms with Crippen LogP contribution in [-0.4, -0.2) is 86.9 Å². The van der Waals surface area contributed by atoms with Gasteiger partial charge in [0, 0.05) is 19.5 Å². The predicted octanol–water partition coefficient (Wildman–Crippen LogP) is -2.83. The first-order valence-electron chi connectivity index (χ1n) is 8.71. The standard InChI is InChI=1S/C14H22N8O7S/c1-21(3-2-8(23)20-16)4-7-11(29-30(25,26)27)10(24)14(28-7)22-6-19-9-12(15)17-5-18-13(9)22/h5-7,10-11,14,24H,2-4,16H2,1H3,(H,20,23)(H2,15,17,18)(H,25,26,27)/t7-,10-,11-,14-/m1/s1. The molecule has 1 amide bonds. The molecule has 2 aromatic rings. The number of ether oxygens (including phenoxy) is 1. The Morgan fingerprint density at radius 3 is 2.83 bits per heavy atom. The van der Waals surface area contributed by atoms with Crippen LogP contribution in [0.2, 0.25) is 0 Å². The van der Waals surface area contributed by atoms with Gasteiger partial charge in [0.1, 0.15) is 30.2 Å². The highest BCUT2D eigenvalue weighted by Gasteiger charge is 2.48. The van der Waals surface area contributed by atoms with Crippen molar-refractivity contribution in [3.8, 4) is 0 Å². The van der Waals surface area contributed by atoms with Gasteiger partial charge >= 0.3 is 10.4 Å². The van der Waals surface area contributed by atoms with Gasteiger partial charge in [0.15, 0.2) is 17.7 Å². The fourth-order valence-electron chi connectivity index (χ4n) is 3.17. The number of hydrogen-bond donors (Lipinski definition) is 5. The Kier molecular flexibility index (Phi) is 6.46. The van der Waals surface area contributed by atoms with Gasteiger partial charge in [0.2, 0.25) is 5.91 Å². The summed E-state index contributed by atoms with van der Waals surface area (Å²) in [5.74, 6) is 4.77. The van der Waals surface area contributed by atoms with Crippen molar-refractivity contribution in [3.05, 3.63) is 12.7 Å². The van der Waals surface area contributed by atoms with Gasteiger partial charge in [-0.3, -0.25) is 19.3 Å². The summed E-state index contributed by atoms with van der Waals surface area (Å²) in [4.78, 5) is 25.0. The lowest BCUT2D eigenvalue weighted by molar-refractivity contribution is -0.121. The topological polar surface area (TPSA) is 221 Å². The lowest BCUT2D eigenvalue weighted by atomic mass is 10.1. The molecular formula is C14H22N8O7S. The number of aliphatic hydroxyl groups excluding tert-OH is 1. The summed E-state index contributed by atoms with van der Waals surface area (Å²) in [5.41, 5.74) is 8.29. The Balaban J connectivity index is 1.84. The van der Waals surface area contributed by atoms with Gasteiger partial charge in [0.05, 0.1) is 6.33 Å². The molecule has 7 N–H and O–H groups in total. The van der Waals surface area contributed by atoms with Crippen LogP contribution in [0.1, 0.15) is 12.6 Å². The van der Waals surface area contributed by atoms with Crippen molar-refractivity contribution >= 4 is 33.3 Å². The number of hydrogen-bond acceptors (Lipinski definition) is 12. The third kappa shape index (κ3) is 4.81. The molecule has 0 unspecified atom stereocenters. The van der Waals surface area contributed by atoms with Gasteiger partial charge in [-0.05, 0) is 7.05 Å². The average molecular weight is 446 g/mol. The number of fused-ring (bicyclic) bond motifs is 1. The Morgan fingerprint density at radius 1 is 1.43 bits per heavy atom. The smallest absolute Gasteiger partial charge is 0.386 e. The van der Waals surface area contributed by atoms with Crippen LogP contribution in [0.15, 0.2) is 12.7 Å². The van der Waals surface area contributed by atoms with E-state index in [-0.39, 0.29) is 42.4 Å². The summed E-state index contributed by atoms with van der Waals surface area (Å²) >= 11 is 0. The van der Waals surface area contributed by atoms with E-state index in [0.717, 1.165) is 0 Å². The SMILES string of the molecule is CN(CCC(=O)NN)C[C@H]1O[C@@H](n2cnc3c(N)ncnc32)[C@H](O)[C@@H]1OS(=O)(=O)O. The van der Waals surface area contributed by atoms with Crippen LogP contribution in [0.3, 0.4) is 0 Å². The molecule has 30 heavy (non-hydrogen) atoms. The van der Waals surface area contributed by atoms with Gasteiger partial charge in [-0.15, -0.1) is 0 Å². The molecule has 3 heterocycles. The summed E-state index contributed by atoms with van der Waals surface area (Å²) in [6, 6.07) is 0. The number of anilines is 1. The fraction of sp³-hybridized carbons (Fsp3) is 0.571. The molecule has 3 rings (SSSR count). The molecule has 0 radical (unpaired) electrons. The second kappa shape index (κ2) is 8.72. The predicted molar refractivity (Wildman–Crippen MR) is 101 cm³/mol. The van der Waals surface area contributed by atoms with Crippen molar-refractivity contribution in [3.63, 3.8) is 0 Å². The van der Waals surface area contributed by atoms with Gasteiger partial charge in [-0.2, -0.15) is 8.42 Å². The first-order valence-corrected chi connectivity index (χ1v) is 10.1. The van der Waals surface area contributed by atoms with Crippen molar-refractivity contribution in [2.75, 3.05) is 25.9 Å². The van der Waals surface area contributed by atoms with Gasteiger partial charge < -0.3 is 20.5 Å². The molecule has 1 aliphatic heterocycles. The molecule has 1 fully saturated rings. The maximum atomic E-state index is 11.3. The third-order valence-corrected chi connectivity index (χ3v) is 5.04. The summed E-state index contributed by atoms with van der Waals surface area (Å²) in [6.07, 6.45) is -2.48. The third-order valence-electron chi connectivity index (χ3n) is 4.58. The first-order chi connectivity index (χ1) is 14.1. The maximum Gasteiger partial charge on any atom is 0.397 e. The lowest BCUT2D eigenvalue weighted by Crippen LogP contribution is -2.42. The van der Waals surface area contributed by atoms with E-state index in [1.54, 1.807) is 11.9 Å². The summed E-state index contributed by atoms with van der Waals surface area (Å²) in [6.45, 7) is 0.329. The number of carbonyl (C=O) groups excluding carboxylic acids is 1. The quantitative estimate of drug-likeness (QED) is 0.119. The Morgan fingerprint density at radius 2 is 2.17 bits per heavy atom. The monoisotopic (exact) mass is 446 g/mol. The number of aliphatic hydroxyl groups is 1. The summed E-state index contributed by atoms with van der Waals surface area (Å²) in [7, 11) is -3.24. The first kappa shape index (κ1) is 22.2. The zero-order chi connectivity index (χ0) is 22.1. The van der Waals surface area contributed by atoms with Crippen LogP contribution in [0, 0.1) is 0 Å². The second-order valence-electron chi connectivity index (χ2n) is 6.71. The van der Waals surface area contributed by atoms with E-state index in [1.807, 2.05) is 5.43 Å². The normalized spacial score (nSPS) is 24.6. The van der Waals surface area contributed by atoms with Crippen molar-refractivity contribution < 1.29 is 31.8 Å². The molecule has 15 nitrogen and oxygen atoms in total. The Labute approximate surface area is 170 Å². The highest BCUT2D eigenvalue weighted by molar-refractivity contribution is 7.80. The molecule has 0 aromatic carbocycles. The minimum absolute atomic E-state index is 0.0648. The van der Waals surface area contributed by atoms with Crippen LogP contribution >= 0.6 is 0 Å². The molecule has 0 saturated carbocycles. The van der Waals surface area contributed by atoms with E-state index in [4.69, 9.17) is 20.9 Å². The molecule has 0 bridgehead atoms. The Bertz CT molecular complexity index is 1010. The molecule has 0 aliphatic carbocycles. The van der Waals surface area contributed by atoms with E-state index in [2.05, 4.69) is 19.1 Å². The number of rotatable bonds is 8. The highest BCUT2D eigenvalue weighted by Crippen LogP contribution is 2.34. The zero-order valence-electron chi connectivity index (χ0n) is 15.8. The van der Waals surface area contributed by atoms with E-state index < -0.39 is 34.9 Å². The summed E-state index contributed by atoms with van der Waals surface area (Å²) < 4.78 is 43.6. The van der Waals surface area contributed by atoms with Crippen molar-refractivity contribution in [2.24, 2.45) is 5.84 Å². The maximum absolute atomic E-state index is 11.3. The zero-order valence-corrected chi connectivity index (χ0v) is 16.6. The van der Waals surface area contributed by atoms with Crippen molar-refractivity contribution in [2.45, 2.75) is 31.0 Å².